The van der Waals surface area contributed by atoms with Crippen molar-refractivity contribution < 1.29 is 13.0 Å². The molecule has 0 amide bonds. The van der Waals surface area contributed by atoms with Gasteiger partial charge in [0.2, 0.25) is 15.9 Å². The molecule has 5 nitrogen and oxygen atoms in total. The van der Waals surface area contributed by atoms with Crippen LogP contribution in [0.25, 0.3) is 0 Å². The van der Waals surface area contributed by atoms with Crippen molar-refractivity contribution in [2.24, 2.45) is 0 Å². The van der Waals surface area contributed by atoms with Crippen LogP contribution in [-0.4, -0.2) is 38.2 Å². The van der Waals surface area contributed by atoms with Gasteiger partial charge in [0.1, 0.15) is 18.8 Å². The molecule has 6 heteroatoms. The van der Waals surface area contributed by atoms with Gasteiger partial charge in [-0.1, -0.05) is 25.3 Å². The van der Waals surface area contributed by atoms with Gasteiger partial charge in [-0.2, -0.15) is 0 Å². The average Bonchev–Trinajstić information content (AvgIpc) is 2.39. The maximum absolute atomic E-state index is 11.1. The van der Waals surface area contributed by atoms with Crippen molar-refractivity contribution in [3.8, 4) is 0 Å². The lowest BCUT2D eigenvalue weighted by atomic mass is 10.3. The lowest BCUT2D eigenvalue weighted by Gasteiger charge is -2.08. The van der Waals surface area contributed by atoms with Gasteiger partial charge >= 0.3 is 0 Å². The van der Waals surface area contributed by atoms with E-state index in [1.807, 2.05) is 31.2 Å². The Morgan fingerprint density at radius 3 is 2.05 bits per heavy atom. The maximum atomic E-state index is 11.1. The number of hydrogen-bond donors (Lipinski definition) is 2. The number of anilines is 2. The molecule has 1 aromatic rings. The number of rotatable bonds is 7. The normalized spacial score (nSPS) is 10.6. The van der Waals surface area contributed by atoms with Crippen molar-refractivity contribution in [2.45, 2.75) is 6.92 Å². The van der Waals surface area contributed by atoms with E-state index in [9.17, 15) is 8.42 Å². The second-order valence-corrected chi connectivity index (χ2v) is 6.39. The van der Waals surface area contributed by atoms with Crippen molar-refractivity contribution in [3.63, 3.8) is 0 Å². The van der Waals surface area contributed by atoms with Gasteiger partial charge in [-0.15, -0.1) is 0 Å². The standard InChI is InChI=1S/C15H21N3O2S/c1-5-11-18(12-6-2)13(3)16-14-7-9-15(10-8-14)17-21(4,19)20/h5-10,17H,1-2,11-12H2,3-4H3/p+1. The highest BCUT2D eigenvalue weighted by Gasteiger charge is 2.07. The highest BCUT2D eigenvalue weighted by molar-refractivity contribution is 7.92. The Morgan fingerprint density at radius 1 is 1.14 bits per heavy atom. The third kappa shape index (κ3) is 6.27. The van der Waals surface area contributed by atoms with Gasteiger partial charge in [0.05, 0.1) is 6.26 Å². The van der Waals surface area contributed by atoms with Crippen molar-refractivity contribution in [2.75, 3.05) is 29.4 Å². The van der Waals surface area contributed by atoms with Crippen LogP contribution in [0.2, 0.25) is 0 Å². The molecule has 0 aliphatic carbocycles. The van der Waals surface area contributed by atoms with E-state index in [1.165, 1.54) is 0 Å². The molecule has 21 heavy (non-hydrogen) atoms. The average molecular weight is 308 g/mol. The van der Waals surface area contributed by atoms with Crippen molar-refractivity contribution in [1.82, 2.24) is 0 Å². The first kappa shape index (κ1) is 17.0. The van der Waals surface area contributed by atoms with Gasteiger partial charge in [-0.25, -0.2) is 13.7 Å². The Bertz CT molecular complexity index is 619. The zero-order valence-electron chi connectivity index (χ0n) is 12.5. The molecular formula is C15H22N3O2S+. The molecule has 0 heterocycles. The second-order valence-electron chi connectivity index (χ2n) is 4.64. The molecule has 0 aliphatic heterocycles. The monoisotopic (exact) mass is 308 g/mol. The smallest absolute Gasteiger partial charge is 0.247 e. The Hall–Kier alpha value is -2.08. The fraction of sp³-hybridized carbons (Fsp3) is 0.267. The predicted octanol–water partition coefficient (Wildman–Crippen LogP) is 2.27. The highest BCUT2D eigenvalue weighted by Crippen LogP contribution is 2.14. The zero-order valence-corrected chi connectivity index (χ0v) is 13.3. The molecule has 1 rings (SSSR count). The molecule has 0 unspecified atom stereocenters. The SMILES string of the molecule is C=CC[N+](CC=C)=C(C)Nc1ccc(NS(C)(=O)=O)cc1. The van der Waals surface area contributed by atoms with E-state index >= 15 is 0 Å². The number of sulfonamides is 1. The number of nitrogens with one attached hydrogen (secondary N) is 2. The Balaban J connectivity index is 2.85. The first-order chi connectivity index (χ1) is 9.85. The third-order valence-electron chi connectivity index (χ3n) is 2.69. The quantitative estimate of drug-likeness (QED) is 0.351. The molecule has 0 fully saturated rings. The summed E-state index contributed by atoms with van der Waals surface area (Å²) >= 11 is 0. The summed E-state index contributed by atoms with van der Waals surface area (Å²) in [6.07, 6.45) is 4.78. The van der Waals surface area contributed by atoms with E-state index in [2.05, 4.69) is 27.8 Å². The first-order valence-electron chi connectivity index (χ1n) is 6.51. The zero-order chi connectivity index (χ0) is 15.9. The highest BCUT2D eigenvalue weighted by atomic mass is 32.2. The molecule has 1 aromatic carbocycles. The Kier molecular flexibility index (Phi) is 6.17. The van der Waals surface area contributed by atoms with Crippen molar-refractivity contribution >= 4 is 27.2 Å². The lowest BCUT2D eigenvalue weighted by Crippen LogP contribution is -2.25. The van der Waals surface area contributed by atoms with Gasteiger partial charge in [0, 0.05) is 12.6 Å². The summed E-state index contributed by atoms with van der Waals surface area (Å²) in [5, 5.41) is 3.27. The van der Waals surface area contributed by atoms with Gasteiger partial charge < -0.3 is 0 Å². The third-order valence-corrected chi connectivity index (χ3v) is 3.29. The first-order valence-corrected chi connectivity index (χ1v) is 8.40. The van der Waals surface area contributed by atoms with Crippen LogP contribution in [-0.2, 0) is 10.0 Å². The van der Waals surface area contributed by atoms with Crippen LogP contribution in [0, 0.1) is 0 Å². The van der Waals surface area contributed by atoms with Crippen LogP contribution in [0.4, 0.5) is 11.4 Å². The topological polar surface area (TPSA) is 61.2 Å². The number of benzene rings is 1. The number of nitrogens with zero attached hydrogens (tertiary/aromatic N) is 1. The van der Waals surface area contributed by atoms with Crippen LogP contribution in [0.3, 0.4) is 0 Å². The van der Waals surface area contributed by atoms with Gasteiger partial charge in [0.25, 0.3) is 0 Å². The second kappa shape index (κ2) is 7.64. The van der Waals surface area contributed by atoms with E-state index in [-0.39, 0.29) is 0 Å². The number of hydrogen-bond acceptors (Lipinski definition) is 2. The van der Waals surface area contributed by atoms with Crippen LogP contribution in [0.5, 0.6) is 0 Å². The number of amidine groups is 1. The van der Waals surface area contributed by atoms with E-state index < -0.39 is 10.0 Å². The van der Waals surface area contributed by atoms with Crippen molar-refractivity contribution in [1.29, 1.82) is 0 Å². The summed E-state index contributed by atoms with van der Waals surface area (Å²) < 4.78 is 26.8. The molecule has 0 spiro atoms. The minimum absolute atomic E-state index is 0.537. The minimum atomic E-state index is -3.25. The molecule has 0 saturated carbocycles. The van der Waals surface area contributed by atoms with Crippen LogP contribution in [0.15, 0.2) is 49.6 Å². The van der Waals surface area contributed by atoms with Gasteiger partial charge in [0.15, 0.2) is 0 Å². The van der Waals surface area contributed by atoms with Gasteiger partial charge in [-0.3, -0.25) is 9.30 Å². The molecule has 0 aromatic heterocycles. The van der Waals surface area contributed by atoms with Crippen LogP contribution in [0.1, 0.15) is 6.92 Å². The molecular weight excluding hydrogens is 286 g/mol. The summed E-state index contributed by atoms with van der Waals surface area (Å²) in [7, 11) is -3.25. The molecule has 0 bridgehead atoms. The minimum Gasteiger partial charge on any atom is -0.284 e. The van der Waals surface area contributed by atoms with E-state index in [1.54, 1.807) is 12.1 Å². The molecule has 0 saturated heterocycles. The van der Waals surface area contributed by atoms with E-state index in [0.717, 1.165) is 30.9 Å². The van der Waals surface area contributed by atoms with Crippen molar-refractivity contribution in [3.05, 3.63) is 49.6 Å². The fourth-order valence-electron chi connectivity index (χ4n) is 1.78. The largest absolute Gasteiger partial charge is 0.284 e. The Morgan fingerprint density at radius 2 is 1.62 bits per heavy atom. The molecule has 0 atom stereocenters. The molecule has 0 radical (unpaired) electrons. The van der Waals surface area contributed by atoms with E-state index in [0.29, 0.717) is 5.69 Å². The maximum Gasteiger partial charge on any atom is 0.247 e. The van der Waals surface area contributed by atoms with E-state index in [4.69, 9.17) is 0 Å². The summed E-state index contributed by atoms with van der Waals surface area (Å²) in [5.41, 5.74) is 1.42. The Labute approximate surface area is 126 Å². The van der Waals surface area contributed by atoms with Crippen LogP contribution < -0.4 is 10.0 Å². The summed E-state index contributed by atoms with van der Waals surface area (Å²) in [6.45, 7) is 10.9. The lowest BCUT2D eigenvalue weighted by molar-refractivity contribution is -0.507. The summed E-state index contributed by atoms with van der Waals surface area (Å²) in [4.78, 5) is 0. The predicted molar refractivity (Wildman–Crippen MR) is 89.6 cm³/mol. The summed E-state index contributed by atoms with van der Waals surface area (Å²) in [6, 6.07) is 7.05. The summed E-state index contributed by atoms with van der Waals surface area (Å²) in [5.74, 6) is 0.971. The molecule has 114 valence electrons. The fourth-order valence-corrected chi connectivity index (χ4v) is 2.35. The molecule has 0 aliphatic rings. The molecule has 2 N–H and O–H groups in total. The van der Waals surface area contributed by atoms with Gasteiger partial charge in [-0.05, 0) is 24.3 Å². The van der Waals surface area contributed by atoms with Crippen LogP contribution >= 0.6 is 0 Å².